The van der Waals surface area contributed by atoms with Crippen LogP contribution >= 0.6 is 0 Å². The fourth-order valence-electron chi connectivity index (χ4n) is 5.21. The third kappa shape index (κ3) is 9.52. The van der Waals surface area contributed by atoms with Crippen LogP contribution in [0.4, 0.5) is 8.78 Å². The highest BCUT2D eigenvalue weighted by atomic mass is 19.1. The van der Waals surface area contributed by atoms with E-state index in [2.05, 4.69) is 26.8 Å². The summed E-state index contributed by atoms with van der Waals surface area (Å²) in [6.07, 6.45) is 17.7. The van der Waals surface area contributed by atoms with Crippen LogP contribution in [0.1, 0.15) is 83.1 Å². The highest BCUT2D eigenvalue weighted by molar-refractivity contribution is 5.25. The van der Waals surface area contributed by atoms with Gasteiger partial charge in [-0.1, -0.05) is 77.2 Å². The van der Waals surface area contributed by atoms with Crippen molar-refractivity contribution >= 4 is 0 Å². The number of aliphatic hydroxyl groups is 1. The molecule has 1 saturated heterocycles. The van der Waals surface area contributed by atoms with Crippen LogP contribution in [0.3, 0.4) is 0 Å². The number of piperazine rings is 1. The Labute approximate surface area is 215 Å². The van der Waals surface area contributed by atoms with Crippen molar-refractivity contribution in [2.45, 2.75) is 89.7 Å². The van der Waals surface area contributed by atoms with Gasteiger partial charge in [0.2, 0.25) is 0 Å². The molecule has 2 heterocycles. The zero-order valence-corrected chi connectivity index (χ0v) is 22.1. The molecule has 1 fully saturated rings. The number of rotatable bonds is 17. The van der Waals surface area contributed by atoms with Gasteiger partial charge in [-0.2, -0.15) is 5.10 Å². The molecule has 1 unspecified atom stereocenters. The first-order valence-electron chi connectivity index (χ1n) is 14.0. The summed E-state index contributed by atoms with van der Waals surface area (Å²) in [7, 11) is 0. The summed E-state index contributed by atoms with van der Waals surface area (Å²) in [6.45, 7) is 7.16. The first-order chi connectivity index (χ1) is 17.5. The highest BCUT2D eigenvalue weighted by Crippen LogP contribution is 2.28. The third-order valence-electron chi connectivity index (χ3n) is 7.35. The number of β-amino-alcohol motifs (C(OH)–C–C–N with tert-alkyl or cyclic N) is 1. The van der Waals surface area contributed by atoms with Gasteiger partial charge in [0, 0.05) is 44.4 Å². The van der Waals surface area contributed by atoms with E-state index in [0.717, 1.165) is 38.8 Å². The molecule has 1 aromatic carbocycles. The SMILES string of the molecule is CCCCCCCCCCCCCN1CCN(CC(O)(Cn2cncn2)c2ccc(F)cc2F)CC1. The van der Waals surface area contributed by atoms with E-state index in [1.54, 1.807) is 0 Å². The molecule has 1 aliphatic rings. The number of halogens is 2. The Hall–Kier alpha value is -1.90. The first-order valence-corrected chi connectivity index (χ1v) is 14.0. The maximum absolute atomic E-state index is 14.7. The molecule has 36 heavy (non-hydrogen) atoms. The molecule has 1 aromatic heterocycles. The molecule has 0 amide bonds. The number of hydrogen-bond donors (Lipinski definition) is 1. The Bertz CT molecular complexity index is 858. The van der Waals surface area contributed by atoms with Gasteiger partial charge in [-0.05, 0) is 19.0 Å². The lowest BCUT2D eigenvalue weighted by molar-refractivity contribution is -0.0319. The molecule has 0 spiro atoms. The fraction of sp³-hybridized carbons (Fsp3) is 0.714. The van der Waals surface area contributed by atoms with Gasteiger partial charge in [0.1, 0.15) is 29.9 Å². The van der Waals surface area contributed by atoms with Crippen LogP contribution in [0.15, 0.2) is 30.9 Å². The summed E-state index contributed by atoms with van der Waals surface area (Å²) >= 11 is 0. The number of unbranched alkanes of at least 4 members (excludes halogenated alkanes) is 10. The van der Waals surface area contributed by atoms with Crippen molar-refractivity contribution in [1.82, 2.24) is 24.6 Å². The molecule has 0 radical (unpaired) electrons. The molecular weight excluding hydrogens is 460 g/mol. The maximum Gasteiger partial charge on any atom is 0.137 e. The van der Waals surface area contributed by atoms with Crippen molar-refractivity contribution < 1.29 is 13.9 Å². The minimum absolute atomic E-state index is 0.0501. The van der Waals surface area contributed by atoms with E-state index in [0.29, 0.717) is 0 Å². The Morgan fingerprint density at radius 2 is 1.44 bits per heavy atom. The maximum atomic E-state index is 14.7. The van der Waals surface area contributed by atoms with E-state index in [4.69, 9.17) is 0 Å². The second kappa shape index (κ2) is 15.4. The summed E-state index contributed by atoms with van der Waals surface area (Å²) in [4.78, 5) is 8.58. The predicted octanol–water partition coefficient (Wildman–Crippen LogP) is 5.37. The molecule has 0 bridgehead atoms. The summed E-state index contributed by atoms with van der Waals surface area (Å²) in [5, 5.41) is 15.6. The number of hydrogen-bond acceptors (Lipinski definition) is 5. The van der Waals surface area contributed by atoms with Gasteiger partial charge in [0.25, 0.3) is 0 Å². The van der Waals surface area contributed by atoms with Crippen molar-refractivity contribution in [1.29, 1.82) is 0 Å². The standard InChI is InChI=1S/C28H45F2N5O/c1-2-3-4-5-6-7-8-9-10-11-12-15-33-16-18-34(19-17-33)21-28(36,22-35-24-31-23-32-35)26-14-13-25(29)20-27(26)30/h13-14,20,23-24,36H,2-12,15-19,21-22H2,1H3. The lowest BCUT2D eigenvalue weighted by atomic mass is 9.92. The summed E-state index contributed by atoms with van der Waals surface area (Å²) in [5.74, 6) is -1.40. The normalized spacial score (nSPS) is 16.9. The quantitative estimate of drug-likeness (QED) is 0.293. The lowest BCUT2D eigenvalue weighted by Crippen LogP contribution is -2.52. The van der Waals surface area contributed by atoms with Gasteiger partial charge in [0.15, 0.2) is 0 Å². The van der Waals surface area contributed by atoms with Gasteiger partial charge < -0.3 is 10.0 Å². The van der Waals surface area contributed by atoms with Crippen LogP contribution in [0.25, 0.3) is 0 Å². The zero-order chi connectivity index (χ0) is 25.6. The molecule has 1 atom stereocenters. The minimum atomic E-state index is -1.54. The average molecular weight is 506 g/mol. The van der Waals surface area contributed by atoms with E-state index >= 15 is 0 Å². The Morgan fingerprint density at radius 1 is 0.833 bits per heavy atom. The van der Waals surface area contributed by atoms with E-state index < -0.39 is 17.2 Å². The average Bonchev–Trinajstić information content (AvgIpc) is 3.36. The lowest BCUT2D eigenvalue weighted by Gasteiger charge is -2.39. The van der Waals surface area contributed by atoms with Crippen LogP contribution in [-0.4, -0.2) is 68.9 Å². The van der Waals surface area contributed by atoms with E-state index in [1.807, 2.05) is 0 Å². The minimum Gasteiger partial charge on any atom is -0.382 e. The third-order valence-corrected chi connectivity index (χ3v) is 7.35. The Kier molecular flexibility index (Phi) is 12.2. The van der Waals surface area contributed by atoms with Gasteiger partial charge in [-0.25, -0.2) is 18.4 Å². The molecule has 1 aliphatic heterocycles. The summed E-state index contributed by atoms with van der Waals surface area (Å²) in [6, 6.07) is 3.35. The molecule has 0 aliphatic carbocycles. The number of aromatic nitrogens is 3. The molecule has 202 valence electrons. The zero-order valence-electron chi connectivity index (χ0n) is 22.1. The number of nitrogens with zero attached hydrogens (tertiary/aromatic N) is 5. The van der Waals surface area contributed by atoms with Gasteiger partial charge >= 0.3 is 0 Å². The largest absolute Gasteiger partial charge is 0.382 e. The molecule has 0 saturated carbocycles. The van der Waals surface area contributed by atoms with Gasteiger partial charge in [-0.15, -0.1) is 0 Å². The second-order valence-corrected chi connectivity index (χ2v) is 10.4. The molecule has 2 aromatic rings. The van der Waals surface area contributed by atoms with Gasteiger partial charge in [0.05, 0.1) is 6.54 Å². The van der Waals surface area contributed by atoms with E-state index in [9.17, 15) is 13.9 Å². The van der Waals surface area contributed by atoms with E-state index in [-0.39, 0.29) is 18.7 Å². The van der Waals surface area contributed by atoms with Crippen LogP contribution in [0, 0.1) is 11.6 Å². The Balaban J connectivity index is 1.37. The first kappa shape index (κ1) is 28.7. The van der Waals surface area contributed by atoms with Crippen molar-refractivity contribution in [2.24, 2.45) is 0 Å². The van der Waals surface area contributed by atoms with E-state index in [1.165, 1.54) is 100 Å². The predicted molar refractivity (Wildman–Crippen MR) is 140 cm³/mol. The van der Waals surface area contributed by atoms with Crippen molar-refractivity contribution in [3.05, 3.63) is 48.1 Å². The molecule has 3 rings (SSSR count). The smallest absolute Gasteiger partial charge is 0.137 e. The monoisotopic (exact) mass is 505 g/mol. The van der Waals surface area contributed by atoms with Crippen LogP contribution in [0.5, 0.6) is 0 Å². The van der Waals surface area contributed by atoms with Crippen LogP contribution in [-0.2, 0) is 12.1 Å². The number of benzene rings is 1. The summed E-state index contributed by atoms with van der Waals surface area (Å²) < 4.78 is 29.7. The highest BCUT2D eigenvalue weighted by Gasteiger charge is 2.36. The Morgan fingerprint density at radius 3 is 2.03 bits per heavy atom. The second-order valence-electron chi connectivity index (χ2n) is 10.4. The van der Waals surface area contributed by atoms with Crippen molar-refractivity contribution in [3.8, 4) is 0 Å². The molecular formula is C28H45F2N5O. The fourth-order valence-corrected chi connectivity index (χ4v) is 5.21. The van der Waals surface area contributed by atoms with Crippen LogP contribution < -0.4 is 0 Å². The summed E-state index contributed by atoms with van der Waals surface area (Å²) in [5.41, 5.74) is -1.45. The molecule has 8 heteroatoms. The molecule has 6 nitrogen and oxygen atoms in total. The van der Waals surface area contributed by atoms with Crippen LogP contribution in [0.2, 0.25) is 0 Å². The topological polar surface area (TPSA) is 57.4 Å². The van der Waals surface area contributed by atoms with Crippen molar-refractivity contribution in [2.75, 3.05) is 39.3 Å². The van der Waals surface area contributed by atoms with Crippen molar-refractivity contribution in [3.63, 3.8) is 0 Å². The molecule has 1 N–H and O–H groups in total. The van der Waals surface area contributed by atoms with Gasteiger partial charge in [-0.3, -0.25) is 4.90 Å².